The summed E-state index contributed by atoms with van der Waals surface area (Å²) < 4.78 is 6.49. The van der Waals surface area contributed by atoms with Gasteiger partial charge in [-0.2, -0.15) is 0 Å². The average molecular weight is 458 g/mol. The second-order valence-electron chi connectivity index (χ2n) is 2.83. The zero-order valence-electron chi connectivity index (χ0n) is 6.23. The van der Waals surface area contributed by atoms with Gasteiger partial charge >= 0.3 is 0 Å². The monoisotopic (exact) mass is 454 g/mol. The minimum atomic E-state index is 0.322. The molecule has 2 rings (SSSR count). The fourth-order valence-electron chi connectivity index (χ4n) is 1.30. The lowest BCUT2D eigenvalue weighted by Gasteiger charge is -2.32. The molecule has 2 aliphatic rings. The second-order valence-corrected chi connectivity index (χ2v) is 7.53. The van der Waals surface area contributed by atoms with Crippen molar-refractivity contribution in [3.8, 4) is 0 Å². The van der Waals surface area contributed by atoms with E-state index in [4.69, 9.17) is 0 Å². The van der Waals surface area contributed by atoms with Crippen molar-refractivity contribution in [2.75, 3.05) is 0 Å². The molecular formula is C6H6Br4N2S. The summed E-state index contributed by atoms with van der Waals surface area (Å²) in [5, 5.41) is 0. The van der Waals surface area contributed by atoms with E-state index in [0.29, 0.717) is 19.3 Å². The highest BCUT2D eigenvalue weighted by molar-refractivity contribution is 9.14. The standard InChI is InChI=1S/C6H6Br4N2S/c7-1-2(8)4(10)6-5(3(1)9)11-13-12-6/h1-4,11-12H. The van der Waals surface area contributed by atoms with Crippen LogP contribution in [0.3, 0.4) is 0 Å². The molecular weight excluding hydrogens is 452 g/mol. The van der Waals surface area contributed by atoms with E-state index < -0.39 is 0 Å². The van der Waals surface area contributed by atoms with Gasteiger partial charge in [0.1, 0.15) is 0 Å². The van der Waals surface area contributed by atoms with E-state index >= 15 is 0 Å². The van der Waals surface area contributed by atoms with Gasteiger partial charge in [-0.15, -0.1) is 0 Å². The van der Waals surface area contributed by atoms with Crippen molar-refractivity contribution < 1.29 is 0 Å². The molecule has 1 aliphatic carbocycles. The first-order chi connectivity index (χ1) is 6.13. The molecule has 4 atom stereocenters. The third-order valence-corrected chi connectivity index (χ3v) is 9.05. The van der Waals surface area contributed by atoms with E-state index in [0.717, 1.165) is 0 Å². The van der Waals surface area contributed by atoms with Gasteiger partial charge in [0, 0.05) is 9.65 Å². The van der Waals surface area contributed by atoms with Crippen LogP contribution in [0.15, 0.2) is 11.4 Å². The van der Waals surface area contributed by atoms with Gasteiger partial charge in [0.15, 0.2) is 0 Å². The molecule has 0 fully saturated rings. The van der Waals surface area contributed by atoms with Gasteiger partial charge in [-0.05, 0) is 0 Å². The molecule has 1 aliphatic heterocycles. The fourth-order valence-corrected chi connectivity index (χ4v) is 5.68. The smallest absolute Gasteiger partial charge is 0.0705 e. The Balaban J connectivity index is 2.34. The number of alkyl halides is 4. The molecule has 0 spiro atoms. The third kappa shape index (κ3) is 1.84. The maximum Gasteiger partial charge on any atom is 0.0705 e. The normalized spacial score (nSPS) is 44.0. The Hall–Kier alpha value is 1.61. The Kier molecular flexibility index (Phi) is 3.62. The van der Waals surface area contributed by atoms with Gasteiger partial charge in [0.2, 0.25) is 0 Å². The predicted molar refractivity (Wildman–Crippen MR) is 71.7 cm³/mol. The van der Waals surface area contributed by atoms with Crippen molar-refractivity contribution in [1.29, 1.82) is 0 Å². The molecule has 74 valence electrons. The summed E-state index contributed by atoms with van der Waals surface area (Å²) in [6.07, 6.45) is 0. The van der Waals surface area contributed by atoms with Gasteiger partial charge in [-0.3, -0.25) is 0 Å². The molecule has 0 amide bonds. The average Bonchev–Trinajstić information content (AvgIpc) is 2.59. The minimum absolute atomic E-state index is 0.322. The zero-order valence-corrected chi connectivity index (χ0v) is 13.4. The summed E-state index contributed by atoms with van der Waals surface area (Å²) in [6.45, 7) is 0. The highest BCUT2D eigenvalue weighted by Gasteiger charge is 2.42. The first kappa shape index (κ1) is 11.1. The maximum atomic E-state index is 3.66. The van der Waals surface area contributed by atoms with Crippen LogP contribution >= 0.6 is 75.9 Å². The lowest BCUT2D eigenvalue weighted by atomic mass is 10.0. The third-order valence-electron chi connectivity index (χ3n) is 2.03. The predicted octanol–water partition coefficient (Wildman–Crippen LogP) is 3.02. The number of rotatable bonds is 0. The van der Waals surface area contributed by atoms with Crippen LogP contribution in [0.2, 0.25) is 0 Å². The van der Waals surface area contributed by atoms with Crippen molar-refractivity contribution in [1.82, 2.24) is 9.44 Å². The summed E-state index contributed by atoms with van der Waals surface area (Å²) in [4.78, 5) is 1.40. The van der Waals surface area contributed by atoms with E-state index in [2.05, 4.69) is 73.2 Å². The van der Waals surface area contributed by atoms with Gasteiger partial charge in [-0.1, -0.05) is 63.7 Å². The SMILES string of the molecule is BrC1C2=C(NSN2)C(Br)C(Br)C1Br. The zero-order chi connectivity index (χ0) is 9.59. The van der Waals surface area contributed by atoms with E-state index in [1.54, 1.807) is 0 Å². The lowest BCUT2D eigenvalue weighted by Crippen LogP contribution is -2.41. The first-order valence-corrected chi connectivity index (χ1v) is 8.09. The summed E-state index contributed by atoms with van der Waals surface area (Å²) in [6, 6.07) is 0. The molecule has 7 heteroatoms. The second kappa shape index (κ2) is 4.23. The van der Waals surface area contributed by atoms with Gasteiger partial charge in [0.25, 0.3) is 0 Å². The lowest BCUT2D eigenvalue weighted by molar-refractivity contribution is 0.737. The van der Waals surface area contributed by atoms with Gasteiger partial charge in [0.05, 0.1) is 33.2 Å². The molecule has 2 N–H and O–H groups in total. The maximum absolute atomic E-state index is 3.66. The highest BCUT2D eigenvalue weighted by Crippen LogP contribution is 2.42. The van der Waals surface area contributed by atoms with Crippen LogP contribution < -0.4 is 9.44 Å². The van der Waals surface area contributed by atoms with Crippen LogP contribution in [0.4, 0.5) is 0 Å². The van der Waals surface area contributed by atoms with Crippen LogP contribution in [-0.2, 0) is 0 Å². The highest BCUT2D eigenvalue weighted by atomic mass is 79.9. The van der Waals surface area contributed by atoms with Crippen molar-refractivity contribution in [3.63, 3.8) is 0 Å². The molecule has 1 heterocycles. The Bertz CT molecular complexity index is 235. The van der Waals surface area contributed by atoms with Crippen molar-refractivity contribution in [2.24, 2.45) is 0 Å². The molecule has 13 heavy (non-hydrogen) atoms. The molecule has 2 nitrogen and oxygen atoms in total. The first-order valence-electron chi connectivity index (χ1n) is 3.61. The summed E-state index contributed by atoms with van der Waals surface area (Å²) in [5.41, 5.74) is 2.45. The van der Waals surface area contributed by atoms with Gasteiger partial charge in [-0.25, -0.2) is 0 Å². The molecule has 4 unspecified atom stereocenters. The fraction of sp³-hybridized carbons (Fsp3) is 0.667. The van der Waals surface area contributed by atoms with Crippen LogP contribution in [-0.4, -0.2) is 19.3 Å². The number of hydrogen-bond acceptors (Lipinski definition) is 3. The summed E-state index contributed by atoms with van der Waals surface area (Å²) in [5.74, 6) is 0. The van der Waals surface area contributed by atoms with Crippen molar-refractivity contribution in [2.45, 2.75) is 19.3 Å². The molecule has 0 saturated heterocycles. The molecule has 0 saturated carbocycles. The molecule has 0 aromatic rings. The summed E-state index contributed by atoms with van der Waals surface area (Å²) >= 11 is 16.2. The quantitative estimate of drug-likeness (QED) is 0.432. The summed E-state index contributed by atoms with van der Waals surface area (Å²) in [7, 11) is 0. The van der Waals surface area contributed by atoms with Crippen molar-refractivity contribution >= 4 is 75.9 Å². The Morgan fingerprint density at radius 1 is 0.846 bits per heavy atom. The minimum Gasteiger partial charge on any atom is -0.313 e. The number of nitrogens with one attached hydrogen (secondary N) is 2. The number of halogens is 4. The Morgan fingerprint density at radius 3 is 1.62 bits per heavy atom. The molecule has 0 aromatic heterocycles. The van der Waals surface area contributed by atoms with Crippen LogP contribution in [0.25, 0.3) is 0 Å². The number of allylic oxidation sites excluding steroid dienone is 2. The largest absolute Gasteiger partial charge is 0.313 e. The van der Waals surface area contributed by atoms with Crippen molar-refractivity contribution in [3.05, 3.63) is 11.4 Å². The van der Waals surface area contributed by atoms with Crippen LogP contribution in [0.1, 0.15) is 0 Å². The topological polar surface area (TPSA) is 24.1 Å². The number of hydrogen-bond donors (Lipinski definition) is 2. The molecule has 0 aromatic carbocycles. The van der Waals surface area contributed by atoms with E-state index in [9.17, 15) is 0 Å². The van der Waals surface area contributed by atoms with E-state index in [-0.39, 0.29) is 0 Å². The Labute approximate surface area is 115 Å². The van der Waals surface area contributed by atoms with Crippen LogP contribution in [0, 0.1) is 0 Å². The van der Waals surface area contributed by atoms with E-state index in [1.165, 1.54) is 23.5 Å². The molecule has 0 bridgehead atoms. The van der Waals surface area contributed by atoms with Gasteiger partial charge < -0.3 is 9.44 Å². The van der Waals surface area contributed by atoms with Crippen LogP contribution in [0.5, 0.6) is 0 Å². The Morgan fingerprint density at radius 2 is 1.23 bits per heavy atom. The molecule has 0 radical (unpaired) electrons. The van der Waals surface area contributed by atoms with E-state index in [1.807, 2.05) is 0 Å².